The van der Waals surface area contributed by atoms with Crippen LogP contribution in [-0.2, 0) is 13.5 Å². The third kappa shape index (κ3) is 3.27. The summed E-state index contributed by atoms with van der Waals surface area (Å²) in [6.07, 6.45) is 4.59. The molecule has 0 radical (unpaired) electrons. The number of allylic oxidation sites excluding steroid dienone is 1. The van der Waals surface area contributed by atoms with Crippen LogP contribution in [0.1, 0.15) is 43.8 Å². The number of aromatic amines is 1. The van der Waals surface area contributed by atoms with E-state index in [0.717, 1.165) is 47.1 Å². The largest absolute Gasteiger partial charge is 0.307 e. The monoisotopic (exact) mass is 323 g/mol. The number of fused-ring (bicyclic) bond motifs is 1. The van der Waals surface area contributed by atoms with Crippen LogP contribution in [0.2, 0.25) is 0 Å². The van der Waals surface area contributed by atoms with Crippen LogP contribution in [-0.4, -0.2) is 25.0 Å². The van der Waals surface area contributed by atoms with E-state index in [0.29, 0.717) is 5.82 Å². The summed E-state index contributed by atoms with van der Waals surface area (Å²) in [5.74, 6) is 0.646. The molecule has 3 aromatic rings. The van der Waals surface area contributed by atoms with Gasteiger partial charge in [0.1, 0.15) is 11.3 Å². The van der Waals surface area contributed by atoms with Crippen molar-refractivity contribution >= 4 is 22.7 Å². The lowest BCUT2D eigenvalue weighted by atomic mass is 10.1. The van der Waals surface area contributed by atoms with E-state index in [1.807, 2.05) is 31.3 Å². The van der Waals surface area contributed by atoms with Crippen LogP contribution in [0, 0.1) is 0 Å². The normalized spacial score (nSPS) is 12.0. The summed E-state index contributed by atoms with van der Waals surface area (Å²) in [5.41, 5.74) is 4.58. The molecule has 0 amide bonds. The van der Waals surface area contributed by atoms with Gasteiger partial charge in [-0.25, -0.2) is 9.67 Å². The molecule has 0 fully saturated rings. The highest BCUT2D eigenvalue weighted by atomic mass is 16.1. The van der Waals surface area contributed by atoms with Gasteiger partial charge in [0.15, 0.2) is 0 Å². The Kier molecular flexibility index (Phi) is 4.55. The molecule has 2 aromatic heterocycles. The van der Waals surface area contributed by atoms with Crippen molar-refractivity contribution in [2.75, 3.05) is 0 Å². The third-order valence-electron chi connectivity index (χ3n) is 3.96. The Bertz CT molecular complexity index is 951. The number of nitrogens with zero attached hydrogens (tertiary/aromatic N) is 4. The molecular weight excluding hydrogens is 302 g/mol. The smallest absolute Gasteiger partial charge is 0.251 e. The van der Waals surface area contributed by atoms with E-state index in [9.17, 15) is 4.79 Å². The van der Waals surface area contributed by atoms with E-state index in [1.165, 1.54) is 0 Å². The van der Waals surface area contributed by atoms with Gasteiger partial charge in [-0.15, -0.1) is 5.10 Å². The fourth-order valence-electron chi connectivity index (χ4n) is 2.73. The van der Waals surface area contributed by atoms with Crippen molar-refractivity contribution in [1.29, 1.82) is 0 Å². The number of aromatic nitrogens is 5. The Hall–Kier alpha value is -2.76. The number of hydrogen-bond donors (Lipinski definition) is 1. The molecule has 2 heterocycles. The molecule has 0 saturated heterocycles. The van der Waals surface area contributed by atoms with Crippen LogP contribution in [0.25, 0.3) is 22.7 Å². The summed E-state index contributed by atoms with van der Waals surface area (Å²) < 4.78 is 1.75. The standard InChI is InChI=1S/C18H21N5O/c1-4-6-14-11-17(24)20-18(19-14)13(5-2)9-12-7-8-16-15(10-12)21-22-23(16)3/h7-11H,4-6H2,1-3H3,(H,19,20,24)/b13-9+. The van der Waals surface area contributed by atoms with Gasteiger partial charge in [-0.1, -0.05) is 31.5 Å². The number of rotatable bonds is 5. The maximum atomic E-state index is 11.9. The van der Waals surface area contributed by atoms with E-state index in [2.05, 4.69) is 34.1 Å². The zero-order valence-electron chi connectivity index (χ0n) is 14.2. The lowest BCUT2D eigenvalue weighted by Crippen LogP contribution is -2.12. The van der Waals surface area contributed by atoms with E-state index < -0.39 is 0 Å². The summed E-state index contributed by atoms with van der Waals surface area (Å²) in [4.78, 5) is 19.3. The Morgan fingerprint density at radius 2 is 2.12 bits per heavy atom. The Labute approximate surface area is 140 Å². The fourth-order valence-corrected chi connectivity index (χ4v) is 2.73. The van der Waals surface area contributed by atoms with Crippen molar-refractivity contribution < 1.29 is 0 Å². The SMILES string of the molecule is CCCc1cc(=O)[nH]c(/C(=C/c2ccc3c(c2)nnn3C)CC)n1. The second-order valence-corrected chi connectivity index (χ2v) is 5.82. The van der Waals surface area contributed by atoms with E-state index in [-0.39, 0.29) is 5.56 Å². The molecule has 0 aliphatic carbocycles. The maximum Gasteiger partial charge on any atom is 0.251 e. The predicted octanol–water partition coefficient (Wildman–Crippen LogP) is 2.95. The minimum absolute atomic E-state index is 0.104. The van der Waals surface area contributed by atoms with Gasteiger partial charge in [0.25, 0.3) is 5.56 Å². The molecule has 0 aliphatic rings. The molecule has 0 bridgehead atoms. The van der Waals surface area contributed by atoms with Crippen LogP contribution in [0.4, 0.5) is 0 Å². The van der Waals surface area contributed by atoms with Crippen LogP contribution in [0.3, 0.4) is 0 Å². The Morgan fingerprint density at radius 3 is 2.88 bits per heavy atom. The van der Waals surface area contributed by atoms with Crippen LogP contribution in [0.15, 0.2) is 29.1 Å². The lowest BCUT2D eigenvalue weighted by Gasteiger charge is -2.07. The predicted molar refractivity (Wildman–Crippen MR) is 95.5 cm³/mol. The summed E-state index contributed by atoms with van der Waals surface area (Å²) in [7, 11) is 1.87. The second-order valence-electron chi connectivity index (χ2n) is 5.82. The Morgan fingerprint density at radius 1 is 1.29 bits per heavy atom. The van der Waals surface area contributed by atoms with Gasteiger partial charge in [0.2, 0.25) is 0 Å². The molecule has 0 spiro atoms. The van der Waals surface area contributed by atoms with Crippen molar-refractivity contribution in [3.8, 4) is 0 Å². The zero-order valence-corrected chi connectivity index (χ0v) is 14.2. The molecule has 0 unspecified atom stereocenters. The van der Waals surface area contributed by atoms with Gasteiger partial charge < -0.3 is 4.98 Å². The first-order chi connectivity index (χ1) is 11.6. The molecule has 24 heavy (non-hydrogen) atoms. The van der Waals surface area contributed by atoms with Crippen molar-refractivity contribution in [2.24, 2.45) is 7.05 Å². The quantitative estimate of drug-likeness (QED) is 0.783. The number of benzene rings is 1. The van der Waals surface area contributed by atoms with Crippen molar-refractivity contribution in [1.82, 2.24) is 25.0 Å². The highest BCUT2D eigenvalue weighted by Gasteiger charge is 2.07. The molecule has 3 rings (SSSR count). The lowest BCUT2D eigenvalue weighted by molar-refractivity contribution is 0.736. The van der Waals surface area contributed by atoms with Crippen LogP contribution < -0.4 is 5.56 Å². The maximum absolute atomic E-state index is 11.9. The molecule has 124 valence electrons. The highest BCUT2D eigenvalue weighted by Crippen LogP contribution is 2.20. The van der Waals surface area contributed by atoms with E-state index >= 15 is 0 Å². The Balaban J connectivity index is 2.03. The van der Waals surface area contributed by atoms with Gasteiger partial charge in [0.05, 0.1) is 5.52 Å². The fraction of sp³-hybridized carbons (Fsp3) is 0.333. The van der Waals surface area contributed by atoms with E-state index in [4.69, 9.17) is 0 Å². The van der Waals surface area contributed by atoms with Crippen molar-refractivity contribution in [3.63, 3.8) is 0 Å². The number of aryl methyl sites for hydroxylation is 2. The molecule has 1 aromatic carbocycles. The van der Waals surface area contributed by atoms with Gasteiger partial charge in [0, 0.05) is 18.8 Å². The molecule has 0 saturated carbocycles. The van der Waals surface area contributed by atoms with Gasteiger partial charge in [-0.05, 0) is 42.2 Å². The van der Waals surface area contributed by atoms with Crippen molar-refractivity contribution in [2.45, 2.75) is 33.1 Å². The first-order valence-electron chi connectivity index (χ1n) is 8.21. The summed E-state index contributed by atoms with van der Waals surface area (Å²) in [6.45, 7) is 4.13. The minimum Gasteiger partial charge on any atom is -0.307 e. The van der Waals surface area contributed by atoms with Gasteiger partial charge in [-0.2, -0.15) is 0 Å². The topological polar surface area (TPSA) is 76.5 Å². The number of H-pyrrole nitrogens is 1. The van der Waals surface area contributed by atoms with Crippen LogP contribution >= 0.6 is 0 Å². The molecule has 0 atom stereocenters. The number of nitrogens with one attached hydrogen (secondary N) is 1. The number of hydrogen-bond acceptors (Lipinski definition) is 4. The highest BCUT2D eigenvalue weighted by molar-refractivity contribution is 5.83. The van der Waals surface area contributed by atoms with Crippen LogP contribution in [0.5, 0.6) is 0 Å². The average molecular weight is 323 g/mol. The average Bonchev–Trinajstić information content (AvgIpc) is 2.93. The third-order valence-corrected chi connectivity index (χ3v) is 3.96. The molecule has 6 nitrogen and oxygen atoms in total. The molecular formula is C18H21N5O. The van der Waals surface area contributed by atoms with Gasteiger partial charge >= 0.3 is 0 Å². The molecule has 1 N–H and O–H groups in total. The molecule has 6 heteroatoms. The molecule has 0 aliphatic heterocycles. The zero-order chi connectivity index (χ0) is 17.1. The first-order valence-corrected chi connectivity index (χ1v) is 8.21. The second kappa shape index (κ2) is 6.78. The summed E-state index contributed by atoms with van der Waals surface area (Å²) in [6, 6.07) is 7.59. The summed E-state index contributed by atoms with van der Waals surface area (Å²) >= 11 is 0. The van der Waals surface area contributed by atoms with Gasteiger partial charge in [-0.3, -0.25) is 4.79 Å². The summed E-state index contributed by atoms with van der Waals surface area (Å²) in [5, 5.41) is 8.17. The first kappa shape index (κ1) is 16.1. The minimum atomic E-state index is -0.104. The van der Waals surface area contributed by atoms with Crippen molar-refractivity contribution in [3.05, 3.63) is 51.7 Å². The van der Waals surface area contributed by atoms with E-state index in [1.54, 1.807) is 10.7 Å².